The van der Waals surface area contributed by atoms with Gasteiger partial charge in [-0.05, 0) is 83.9 Å². The Balaban J connectivity index is 1.55. The van der Waals surface area contributed by atoms with Crippen LogP contribution in [-0.2, 0) is 22.0 Å². The molecule has 8 nitrogen and oxygen atoms in total. The first-order valence-electron chi connectivity index (χ1n) is 12.4. The number of hydrogen-bond donors (Lipinski definition) is 4. The minimum absolute atomic E-state index is 0.0217. The molecule has 4 aromatic rings. The monoisotopic (exact) mass is 590 g/mol. The van der Waals surface area contributed by atoms with E-state index in [4.69, 9.17) is 4.42 Å². The summed E-state index contributed by atoms with van der Waals surface area (Å²) in [5, 5.41) is 21.6. The molecule has 1 aromatic heterocycles. The third-order valence-corrected chi connectivity index (χ3v) is 8.02. The van der Waals surface area contributed by atoms with Crippen molar-refractivity contribution in [2.75, 3.05) is 11.8 Å². The Morgan fingerprint density at radius 2 is 1.76 bits per heavy atom. The molecule has 0 radical (unpaired) electrons. The molecule has 14 heteroatoms. The van der Waals surface area contributed by atoms with E-state index in [2.05, 4.69) is 10.0 Å². The Morgan fingerprint density at radius 1 is 1.07 bits per heavy atom. The fraction of sp³-hybridized carbons (Fsp3) is 0.222. The molecule has 0 unspecified atom stereocenters. The van der Waals surface area contributed by atoms with Crippen molar-refractivity contribution in [2.24, 2.45) is 0 Å². The standard InChI is InChI=1S/C27H23BF4N2O6S/c1-33-26(35)24-20-12-19(14-2-3-14)16(10-23(20)40-25(24)15-4-6-17(29)7-5-15)13-41(38,39)34-18-8-9-22(28(36)37)21(11-18)27(30,31)32/h4-12,14,34,36-37H,2-3,13H2,1H3,(H,33,35). The zero-order valence-corrected chi connectivity index (χ0v) is 22.2. The first-order valence-corrected chi connectivity index (χ1v) is 14.1. The highest BCUT2D eigenvalue weighted by molar-refractivity contribution is 7.91. The van der Waals surface area contributed by atoms with Gasteiger partial charge in [-0.2, -0.15) is 13.2 Å². The average Bonchev–Trinajstić information content (AvgIpc) is 3.67. The molecule has 1 aliphatic carbocycles. The van der Waals surface area contributed by atoms with E-state index in [9.17, 15) is 40.8 Å². The molecule has 0 bridgehead atoms. The van der Waals surface area contributed by atoms with Gasteiger partial charge >= 0.3 is 13.3 Å². The van der Waals surface area contributed by atoms with Gasteiger partial charge in [-0.3, -0.25) is 9.52 Å². The Labute approximate surface area is 232 Å². The third kappa shape index (κ3) is 5.94. The largest absolute Gasteiger partial charge is 0.489 e. The van der Waals surface area contributed by atoms with Gasteiger partial charge in [-0.1, -0.05) is 6.07 Å². The molecule has 3 aromatic carbocycles. The summed E-state index contributed by atoms with van der Waals surface area (Å²) in [7, 11) is -5.22. The quantitative estimate of drug-likeness (QED) is 0.181. The molecule has 4 N–H and O–H groups in total. The Morgan fingerprint density at radius 3 is 2.34 bits per heavy atom. The summed E-state index contributed by atoms with van der Waals surface area (Å²) < 4.78 is 88.3. The van der Waals surface area contributed by atoms with E-state index in [1.165, 1.54) is 37.4 Å². The number of carbonyl (C=O) groups excluding carboxylic acids is 1. The molecule has 0 saturated heterocycles. The number of benzene rings is 3. The number of amides is 1. The second-order valence-electron chi connectivity index (χ2n) is 9.75. The zero-order valence-electron chi connectivity index (χ0n) is 21.4. The van der Waals surface area contributed by atoms with Crippen LogP contribution in [0.3, 0.4) is 0 Å². The molecule has 0 atom stereocenters. The van der Waals surface area contributed by atoms with Crippen molar-refractivity contribution >= 4 is 45.2 Å². The number of anilines is 1. The van der Waals surface area contributed by atoms with Crippen LogP contribution in [0.25, 0.3) is 22.3 Å². The highest BCUT2D eigenvalue weighted by Crippen LogP contribution is 2.45. The molecule has 41 heavy (non-hydrogen) atoms. The van der Waals surface area contributed by atoms with Gasteiger partial charge in [0.1, 0.15) is 17.2 Å². The number of sulfonamides is 1. The van der Waals surface area contributed by atoms with Crippen LogP contribution in [0.15, 0.2) is 59.0 Å². The van der Waals surface area contributed by atoms with E-state index in [1.54, 1.807) is 6.07 Å². The van der Waals surface area contributed by atoms with Crippen LogP contribution in [0.5, 0.6) is 0 Å². The van der Waals surface area contributed by atoms with Crippen LogP contribution in [0.2, 0.25) is 0 Å². The molecule has 214 valence electrons. The van der Waals surface area contributed by atoms with Gasteiger partial charge < -0.3 is 19.8 Å². The lowest BCUT2D eigenvalue weighted by Gasteiger charge is -2.16. The lowest BCUT2D eigenvalue weighted by atomic mass is 9.76. The van der Waals surface area contributed by atoms with E-state index in [1.807, 2.05) is 0 Å². The van der Waals surface area contributed by atoms with Gasteiger partial charge in [0.05, 0.1) is 16.9 Å². The number of rotatable bonds is 8. The van der Waals surface area contributed by atoms with E-state index < -0.39 is 57.5 Å². The van der Waals surface area contributed by atoms with E-state index >= 15 is 0 Å². The molecule has 0 spiro atoms. The van der Waals surface area contributed by atoms with Crippen LogP contribution in [-0.4, -0.2) is 38.5 Å². The Hall–Kier alpha value is -3.88. The number of furan rings is 1. The summed E-state index contributed by atoms with van der Waals surface area (Å²) in [5.74, 6) is -1.35. The fourth-order valence-electron chi connectivity index (χ4n) is 4.77. The molecule has 1 heterocycles. The maximum atomic E-state index is 13.5. The minimum Gasteiger partial charge on any atom is -0.455 e. The van der Waals surface area contributed by atoms with E-state index in [-0.39, 0.29) is 22.8 Å². The Bertz CT molecular complexity index is 1750. The summed E-state index contributed by atoms with van der Waals surface area (Å²) in [6.45, 7) is 0. The molecule has 1 amide bonds. The van der Waals surface area contributed by atoms with Crippen molar-refractivity contribution in [3.8, 4) is 11.3 Å². The first kappa shape index (κ1) is 28.6. The van der Waals surface area contributed by atoms with Crippen LogP contribution >= 0.6 is 0 Å². The molecular weight excluding hydrogens is 567 g/mol. The van der Waals surface area contributed by atoms with Crippen molar-refractivity contribution in [1.82, 2.24) is 5.32 Å². The van der Waals surface area contributed by atoms with Crippen LogP contribution in [0.4, 0.5) is 23.2 Å². The lowest BCUT2D eigenvalue weighted by Crippen LogP contribution is -2.36. The molecule has 5 rings (SSSR count). The summed E-state index contributed by atoms with van der Waals surface area (Å²) in [6, 6.07) is 10.8. The van der Waals surface area contributed by atoms with Crippen molar-refractivity contribution < 1.29 is 45.2 Å². The van der Waals surface area contributed by atoms with Gasteiger partial charge in [0.15, 0.2) is 0 Å². The predicted molar refractivity (Wildman–Crippen MR) is 144 cm³/mol. The van der Waals surface area contributed by atoms with Crippen LogP contribution in [0.1, 0.15) is 45.8 Å². The molecule has 1 fully saturated rings. The summed E-state index contributed by atoms with van der Waals surface area (Å²) in [5.41, 5.74) is -0.770. The average molecular weight is 590 g/mol. The maximum Gasteiger partial charge on any atom is 0.489 e. The van der Waals surface area contributed by atoms with Crippen LogP contribution < -0.4 is 15.5 Å². The van der Waals surface area contributed by atoms with Crippen LogP contribution in [0, 0.1) is 5.82 Å². The van der Waals surface area contributed by atoms with Gasteiger partial charge in [-0.25, -0.2) is 12.8 Å². The number of alkyl halides is 3. The second kappa shape index (κ2) is 10.5. The number of halogens is 4. The predicted octanol–water partition coefficient (Wildman–Crippen LogP) is 4.12. The highest BCUT2D eigenvalue weighted by atomic mass is 32.2. The SMILES string of the molecule is CNC(=O)c1c(-c2ccc(F)cc2)oc2cc(CS(=O)(=O)Nc3ccc(B(O)O)c(C(F)(F)F)c3)c(C3CC3)cc12. The van der Waals surface area contributed by atoms with Gasteiger partial charge in [0.2, 0.25) is 10.0 Å². The molecule has 1 saturated carbocycles. The molecule has 0 aliphatic heterocycles. The van der Waals surface area contributed by atoms with Crippen molar-refractivity contribution in [3.63, 3.8) is 0 Å². The fourth-order valence-corrected chi connectivity index (χ4v) is 5.98. The normalized spacial score (nSPS) is 13.8. The molecular formula is C27H23BF4N2O6S. The van der Waals surface area contributed by atoms with Gasteiger partial charge in [0, 0.05) is 23.7 Å². The number of carbonyl (C=O) groups is 1. The van der Waals surface area contributed by atoms with Crippen molar-refractivity contribution in [2.45, 2.75) is 30.7 Å². The topological polar surface area (TPSA) is 129 Å². The zero-order chi connectivity index (χ0) is 29.7. The summed E-state index contributed by atoms with van der Waals surface area (Å²) in [4.78, 5) is 12.9. The van der Waals surface area contributed by atoms with E-state index in [0.717, 1.165) is 25.0 Å². The smallest absolute Gasteiger partial charge is 0.455 e. The number of fused-ring (bicyclic) bond motifs is 1. The third-order valence-electron chi connectivity index (χ3n) is 6.78. The first-order chi connectivity index (χ1) is 19.3. The maximum absolute atomic E-state index is 13.5. The lowest BCUT2D eigenvalue weighted by molar-refractivity contribution is -0.136. The minimum atomic E-state index is -4.96. The number of nitrogens with one attached hydrogen (secondary N) is 2. The van der Waals surface area contributed by atoms with Gasteiger partial charge in [0.25, 0.3) is 5.91 Å². The molecule has 1 aliphatic rings. The van der Waals surface area contributed by atoms with Crippen molar-refractivity contribution in [1.29, 1.82) is 0 Å². The highest BCUT2D eigenvalue weighted by Gasteiger charge is 2.37. The summed E-state index contributed by atoms with van der Waals surface area (Å²) in [6.07, 6.45) is -3.40. The second-order valence-corrected chi connectivity index (χ2v) is 11.5. The van der Waals surface area contributed by atoms with E-state index in [0.29, 0.717) is 28.1 Å². The van der Waals surface area contributed by atoms with Crippen molar-refractivity contribution in [3.05, 3.63) is 82.7 Å². The Kier molecular flexibility index (Phi) is 7.34. The summed E-state index contributed by atoms with van der Waals surface area (Å²) >= 11 is 0. The number of hydrogen-bond acceptors (Lipinski definition) is 6. The van der Waals surface area contributed by atoms with Gasteiger partial charge in [-0.15, -0.1) is 0 Å².